The molecule has 0 fully saturated rings. The highest BCUT2D eigenvalue weighted by Gasteiger charge is 2.21. The summed E-state index contributed by atoms with van der Waals surface area (Å²) in [6.45, 7) is 4.48. The monoisotopic (exact) mass is 369 g/mol. The van der Waals surface area contributed by atoms with E-state index in [0.29, 0.717) is 6.54 Å². The van der Waals surface area contributed by atoms with Crippen LogP contribution < -0.4 is 5.69 Å². The number of halogens is 1. The van der Waals surface area contributed by atoms with Crippen molar-refractivity contribution >= 4 is 16.9 Å². The summed E-state index contributed by atoms with van der Waals surface area (Å²) in [4.78, 5) is 27.3. The summed E-state index contributed by atoms with van der Waals surface area (Å²) < 4.78 is 16.4. The highest BCUT2D eigenvalue weighted by molar-refractivity contribution is 5.81. The third kappa shape index (κ3) is 3.65. The van der Waals surface area contributed by atoms with Crippen LogP contribution in [0.2, 0.25) is 0 Å². The van der Waals surface area contributed by atoms with Gasteiger partial charge in [0.25, 0.3) is 0 Å². The molecule has 0 radical (unpaired) electrons. The predicted octanol–water partition coefficient (Wildman–Crippen LogP) is 3.57. The summed E-state index contributed by atoms with van der Waals surface area (Å²) in [6, 6.07) is 13.4. The molecular formula is C21H24FN3O2. The van der Waals surface area contributed by atoms with Gasteiger partial charge in [-0.25, -0.2) is 9.18 Å². The predicted molar refractivity (Wildman–Crippen MR) is 104 cm³/mol. The van der Waals surface area contributed by atoms with Crippen LogP contribution in [-0.4, -0.2) is 27.0 Å². The summed E-state index contributed by atoms with van der Waals surface area (Å²) in [5, 5.41) is 0. The minimum absolute atomic E-state index is 0.0297. The molecule has 0 bridgehead atoms. The maximum atomic E-state index is 13.1. The lowest BCUT2D eigenvalue weighted by Crippen LogP contribution is -2.36. The van der Waals surface area contributed by atoms with E-state index >= 15 is 0 Å². The summed E-state index contributed by atoms with van der Waals surface area (Å²) >= 11 is 0. The van der Waals surface area contributed by atoms with Gasteiger partial charge in [-0.05, 0) is 43.2 Å². The van der Waals surface area contributed by atoms with Gasteiger partial charge in [0.1, 0.15) is 12.4 Å². The maximum Gasteiger partial charge on any atom is 0.329 e. The minimum Gasteiger partial charge on any atom is -0.337 e. The SMILES string of the molecule is CCCn1c(=O)n(CC(=O)N(C)C(C)c2ccc(F)cc2)c2ccccc21. The van der Waals surface area contributed by atoms with Gasteiger partial charge in [0.2, 0.25) is 5.91 Å². The van der Waals surface area contributed by atoms with Crippen molar-refractivity contribution in [3.05, 3.63) is 70.4 Å². The van der Waals surface area contributed by atoms with Crippen molar-refractivity contribution in [2.75, 3.05) is 7.05 Å². The van der Waals surface area contributed by atoms with Crippen molar-refractivity contribution in [3.63, 3.8) is 0 Å². The van der Waals surface area contributed by atoms with Crippen molar-refractivity contribution in [1.29, 1.82) is 0 Å². The number of para-hydroxylation sites is 2. The fourth-order valence-corrected chi connectivity index (χ4v) is 3.29. The average molecular weight is 369 g/mol. The molecule has 2 aromatic carbocycles. The molecule has 1 amide bonds. The summed E-state index contributed by atoms with van der Waals surface area (Å²) in [7, 11) is 1.70. The van der Waals surface area contributed by atoms with Gasteiger partial charge in [0.15, 0.2) is 0 Å². The zero-order chi connectivity index (χ0) is 19.6. The Morgan fingerprint density at radius 1 is 1.07 bits per heavy atom. The number of hydrogen-bond donors (Lipinski definition) is 0. The molecular weight excluding hydrogens is 345 g/mol. The van der Waals surface area contributed by atoms with Gasteiger partial charge in [-0.15, -0.1) is 0 Å². The van der Waals surface area contributed by atoms with E-state index < -0.39 is 0 Å². The van der Waals surface area contributed by atoms with Gasteiger partial charge in [-0.1, -0.05) is 31.2 Å². The van der Waals surface area contributed by atoms with Crippen LogP contribution in [-0.2, 0) is 17.9 Å². The van der Waals surface area contributed by atoms with Crippen LogP contribution in [0.5, 0.6) is 0 Å². The Hall–Kier alpha value is -2.89. The standard InChI is InChI=1S/C21H24FN3O2/c1-4-13-24-18-7-5-6-8-19(18)25(21(24)27)14-20(26)23(3)15(2)16-9-11-17(22)12-10-16/h5-12,15H,4,13-14H2,1-3H3. The summed E-state index contributed by atoms with van der Waals surface area (Å²) in [6.07, 6.45) is 0.837. The van der Waals surface area contributed by atoms with E-state index in [1.54, 1.807) is 28.6 Å². The fourth-order valence-electron chi connectivity index (χ4n) is 3.29. The number of imidazole rings is 1. The third-order valence-corrected chi connectivity index (χ3v) is 4.99. The van der Waals surface area contributed by atoms with E-state index in [9.17, 15) is 14.0 Å². The molecule has 3 aromatic rings. The molecule has 5 nitrogen and oxygen atoms in total. The van der Waals surface area contributed by atoms with Gasteiger partial charge < -0.3 is 4.90 Å². The molecule has 0 aliphatic rings. The van der Waals surface area contributed by atoms with E-state index in [1.165, 1.54) is 16.7 Å². The number of aromatic nitrogens is 2. The van der Waals surface area contributed by atoms with E-state index in [-0.39, 0.29) is 30.0 Å². The lowest BCUT2D eigenvalue weighted by Gasteiger charge is -2.25. The van der Waals surface area contributed by atoms with Crippen LogP contribution >= 0.6 is 0 Å². The quantitative estimate of drug-likeness (QED) is 0.667. The minimum atomic E-state index is -0.310. The summed E-state index contributed by atoms with van der Waals surface area (Å²) in [5.41, 5.74) is 2.26. The Balaban J connectivity index is 1.88. The molecule has 3 rings (SSSR count). The molecule has 27 heavy (non-hydrogen) atoms. The average Bonchev–Trinajstić information content (AvgIpc) is 2.93. The number of aryl methyl sites for hydroxylation is 1. The molecule has 1 atom stereocenters. The third-order valence-electron chi connectivity index (χ3n) is 4.99. The van der Waals surface area contributed by atoms with Gasteiger partial charge in [0.05, 0.1) is 17.1 Å². The first-order valence-electron chi connectivity index (χ1n) is 9.13. The lowest BCUT2D eigenvalue weighted by molar-refractivity contribution is -0.132. The molecule has 1 aromatic heterocycles. The first-order chi connectivity index (χ1) is 12.9. The molecule has 142 valence electrons. The number of rotatable bonds is 6. The first-order valence-corrected chi connectivity index (χ1v) is 9.13. The van der Waals surface area contributed by atoms with Crippen LogP contribution in [0, 0.1) is 5.82 Å². The number of fused-ring (bicyclic) bond motifs is 1. The highest BCUT2D eigenvalue weighted by Crippen LogP contribution is 2.20. The smallest absolute Gasteiger partial charge is 0.329 e. The second-order valence-corrected chi connectivity index (χ2v) is 6.74. The Bertz CT molecular complexity index is 1000. The van der Waals surface area contributed by atoms with Crippen molar-refractivity contribution in [3.8, 4) is 0 Å². The van der Waals surface area contributed by atoms with E-state index in [0.717, 1.165) is 23.0 Å². The number of benzene rings is 2. The van der Waals surface area contributed by atoms with Gasteiger partial charge in [0, 0.05) is 13.6 Å². The van der Waals surface area contributed by atoms with E-state index in [4.69, 9.17) is 0 Å². The molecule has 0 N–H and O–H groups in total. The number of likely N-dealkylation sites (N-methyl/N-ethyl adjacent to an activating group) is 1. The Labute approximate surface area is 157 Å². The molecule has 0 saturated carbocycles. The molecule has 1 heterocycles. The van der Waals surface area contributed by atoms with Crippen LogP contribution in [0.3, 0.4) is 0 Å². The lowest BCUT2D eigenvalue weighted by atomic mass is 10.1. The van der Waals surface area contributed by atoms with Crippen LogP contribution in [0.25, 0.3) is 11.0 Å². The van der Waals surface area contributed by atoms with Crippen LogP contribution in [0.4, 0.5) is 4.39 Å². The van der Waals surface area contributed by atoms with Gasteiger partial charge in [-0.3, -0.25) is 13.9 Å². The highest BCUT2D eigenvalue weighted by atomic mass is 19.1. The topological polar surface area (TPSA) is 47.2 Å². The van der Waals surface area contributed by atoms with Crippen molar-refractivity contribution in [2.24, 2.45) is 0 Å². The second-order valence-electron chi connectivity index (χ2n) is 6.74. The summed E-state index contributed by atoms with van der Waals surface area (Å²) in [5.74, 6) is -0.483. The molecule has 0 aliphatic carbocycles. The van der Waals surface area contributed by atoms with Crippen molar-refractivity contribution in [1.82, 2.24) is 14.0 Å². The second kappa shape index (κ2) is 7.78. The Kier molecular flexibility index (Phi) is 5.44. The number of amides is 1. The molecule has 1 unspecified atom stereocenters. The Morgan fingerprint density at radius 3 is 2.26 bits per heavy atom. The van der Waals surface area contributed by atoms with Crippen LogP contribution in [0.1, 0.15) is 31.9 Å². The molecule has 6 heteroatoms. The number of carbonyl (C=O) groups excluding carboxylic acids is 1. The molecule has 0 saturated heterocycles. The van der Waals surface area contributed by atoms with Crippen molar-refractivity contribution < 1.29 is 9.18 Å². The van der Waals surface area contributed by atoms with Gasteiger partial charge >= 0.3 is 5.69 Å². The normalized spacial score (nSPS) is 12.3. The van der Waals surface area contributed by atoms with Crippen molar-refractivity contribution in [2.45, 2.75) is 39.4 Å². The fraction of sp³-hybridized carbons (Fsp3) is 0.333. The van der Waals surface area contributed by atoms with E-state index in [2.05, 4.69) is 0 Å². The largest absolute Gasteiger partial charge is 0.337 e. The number of hydrogen-bond acceptors (Lipinski definition) is 2. The van der Waals surface area contributed by atoms with Gasteiger partial charge in [-0.2, -0.15) is 0 Å². The Morgan fingerprint density at radius 2 is 1.67 bits per heavy atom. The maximum absolute atomic E-state index is 13.1. The van der Waals surface area contributed by atoms with E-state index in [1.807, 2.05) is 38.1 Å². The number of nitrogens with zero attached hydrogens (tertiary/aromatic N) is 3. The molecule has 0 aliphatic heterocycles. The zero-order valence-electron chi connectivity index (χ0n) is 15.9. The molecule has 0 spiro atoms. The first kappa shape index (κ1) is 18.9. The zero-order valence-corrected chi connectivity index (χ0v) is 15.9. The van der Waals surface area contributed by atoms with Crippen LogP contribution in [0.15, 0.2) is 53.3 Å². The number of carbonyl (C=O) groups is 1.